The molecule has 0 N–H and O–H groups in total. The number of esters is 1. The van der Waals surface area contributed by atoms with E-state index in [1.807, 2.05) is 0 Å². The summed E-state index contributed by atoms with van der Waals surface area (Å²) in [6.07, 6.45) is 5.92. The second-order valence-electron chi connectivity index (χ2n) is 4.73. The first kappa shape index (κ1) is 13.6. The van der Waals surface area contributed by atoms with Gasteiger partial charge in [-0.2, -0.15) is 5.10 Å². The third-order valence-electron chi connectivity index (χ3n) is 3.54. The second-order valence-corrected chi connectivity index (χ2v) is 4.73. The first-order valence-corrected chi connectivity index (χ1v) is 6.52. The molecule has 0 spiro atoms. The predicted octanol–water partition coefficient (Wildman–Crippen LogP) is 0.998. The fraction of sp³-hybridized carbons (Fsp3) is 0.615. The molecule has 6 nitrogen and oxygen atoms in total. The summed E-state index contributed by atoms with van der Waals surface area (Å²) in [6, 6.07) is 0.919. The van der Waals surface area contributed by atoms with Crippen LogP contribution in [0.2, 0.25) is 0 Å². The minimum absolute atomic E-state index is 0.0844. The number of ether oxygens (including phenoxy) is 1. The van der Waals surface area contributed by atoms with Crippen LogP contribution in [0.5, 0.6) is 0 Å². The summed E-state index contributed by atoms with van der Waals surface area (Å²) in [6.45, 7) is 2.39. The predicted molar refractivity (Wildman–Crippen MR) is 68.3 cm³/mol. The molecule has 2 atom stereocenters. The third-order valence-corrected chi connectivity index (χ3v) is 3.54. The van der Waals surface area contributed by atoms with Crippen LogP contribution in [0.25, 0.3) is 0 Å². The Balaban J connectivity index is 2.13. The van der Waals surface area contributed by atoms with Crippen LogP contribution in [0.15, 0.2) is 18.5 Å². The van der Waals surface area contributed by atoms with Crippen LogP contribution in [0, 0.1) is 0 Å². The van der Waals surface area contributed by atoms with E-state index in [-0.39, 0.29) is 11.9 Å². The molecular weight excluding hydrogens is 246 g/mol. The van der Waals surface area contributed by atoms with Crippen LogP contribution in [-0.4, -0.2) is 46.3 Å². The molecule has 0 bridgehead atoms. The molecule has 1 amide bonds. The largest absolute Gasteiger partial charge is 0.467 e. The summed E-state index contributed by atoms with van der Waals surface area (Å²) < 4.78 is 6.39. The highest BCUT2D eigenvalue weighted by molar-refractivity contribution is 5.86. The monoisotopic (exact) mass is 265 g/mol. The number of nitrogens with zero attached hydrogens (tertiary/aromatic N) is 3. The van der Waals surface area contributed by atoms with Gasteiger partial charge in [0.05, 0.1) is 7.11 Å². The number of carbonyl (C=O) groups excluding carboxylic acids is 2. The van der Waals surface area contributed by atoms with Gasteiger partial charge in [-0.25, -0.2) is 4.79 Å². The summed E-state index contributed by atoms with van der Waals surface area (Å²) >= 11 is 0. The van der Waals surface area contributed by atoms with Crippen LogP contribution in [-0.2, 0) is 14.3 Å². The van der Waals surface area contributed by atoms with Gasteiger partial charge >= 0.3 is 5.97 Å². The molecule has 1 unspecified atom stereocenters. The fourth-order valence-corrected chi connectivity index (χ4v) is 2.44. The summed E-state index contributed by atoms with van der Waals surface area (Å²) in [5.74, 6) is -0.417. The lowest BCUT2D eigenvalue weighted by Gasteiger charge is -2.35. The minimum Gasteiger partial charge on any atom is -0.467 e. The van der Waals surface area contributed by atoms with Crippen LogP contribution in [0.4, 0.5) is 0 Å². The molecule has 0 aliphatic carbocycles. The summed E-state index contributed by atoms with van der Waals surface area (Å²) in [4.78, 5) is 25.9. The molecule has 1 aromatic heterocycles. The number of hydrogen-bond donors (Lipinski definition) is 0. The van der Waals surface area contributed by atoms with Gasteiger partial charge in [0.15, 0.2) is 0 Å². The highest BCUT2D eigenvalue weighted by atomic mass is 16.5. The Morgan fingerprint density at radius 2 is 2.21 bits per heavy atom. The zero-order valence-electron chi connectivity index (χ0n) is 11.3. The van der Waals surface area contributed by atoms with Crippen LogP contribution < -0.4 is 0 Å². The molecule has 1 fully saturated rings. The van der Waals surface area contributed by atoms with E-state index >= 15 is 0 Å². The molecular formula is C13H19N3O3. The molecule has 0 saturated carbocycles. The number of hydrogen-bond acceptors (Lipinski definition) is 4. The molecule has 1 aliphatic rings. The highest BCUT2D eigenvalue weighted by Crippen LogP contribution is 2.21. The maximum Gasteiger partial charge on any atom is 0.328 e. The van der Waals surface area contributed by atoms with Crippen molar-refractivity contribution in [2.24, 2.45) is 0 Å². The lowest BCUT2D eigenvalue weighted by Crippen LogP contribution is -2.50. The van der Waals surface area contributed by atoms with Crippen LogP contribution in [0.3, 0.4) is 0 Å². The Morgan fingerprint density at radius 3 is 2.84 bits per heavy atom. The van der Waals surface area contributed by atoms with E-state index in [9.17, 15) is 9.59 Å². The smallest absolute Gasteiger partial charge is 0.328 e. The number of piperidine rings is 1. The van der Waals surface area contributed by atoms with Crippen molar-refractivity contribution in [2.45, 2.75) is 38.3 Å². The van der Waals surface area contributed by atoms with Gasteiger partial charge in [-0.15, -0.1) is 0 Å². The topological polar surface area (TPSA) is 64.4 Å². The molecule has 2 rings (SSSR count). The summed E-state index contributed by atoms with van der Waals surface area (Å²) in [5, 5.41) is 4.08. The van der Waals surface area contributed by atoms with Gasteiger partial charge < -0.3 is 9.64 Å². The van der Waals surface area contributed by atoms with Crippen LogP contribution in [0.1, 0.15) is 32.2 Å². The van der Waals surface area contributed by atoms with E-state index in [2.05, 4.69) is 5.10 Å². The minimum atomic E-state index is -0.454. The molecule has 0 aromatic carbocycles. The van der Waals surface area contributed by atoms with Crippen molar-refractivity contribution in [3.8, 4) is 0 Å². The van der Waals surface area contributed by atoms with E-state index in [0.717, 1.165) is 12.8 Å². The van der Waals surface area contributed by atoms with Crippen molar-refractivity contribution in [3.05, 3.63) is 18.5 Å². The Morgan fingerprint density at radius 1 is 1.42 bits per heavy atom. The van der Waals surface area contributed by atoms with Crippen molar-refractivity contribution in [3.63, 3.8) is 0 Å². The van der Waals surface area contributed by atoms with Gasteiger partial charge in [-0.1, -0.05) is 0 Å². The van der Waals surface area contributed by atoms with Crippen molar-refractivity contribution in [2.75, 3.05) is 13.7 Å². The Kier molecular flexibility index (Phi) is 4.19. The van der Waals surface area contributed by atoms with Crippen molar-refractivity contribution in [1.82, 2.24) is 14.7 Å². The fourth-order valence-electron chi connectivity index (χ4n) is 2.44. The molecule has 104 valence electrons. The SMILES string of the molecule is COC(=O)[C@H]1CCCCN1C(=O)C(C)n1cccn1. The first-order valence-electron chi connectivity index (χ1n) is 6.52. The van der Waals surface area contributed by atoms with Crippen molar-refractivity contribution < 1.29 is 14.3 Å². The van der Waals surface area contributed by atoms with E-state index in [1.54, 1.807) is 35.0 Å². The van der Waals surface area contributed by atoms with E-state index in [0.29, 0.717) is 13.0 Å². The van der Waals surface area contributed by atoms with E-state index < -0.39 is 12.1 Å². The Labute approximate surface area is 112 Å². The normalized spacial score (nSPS) is 20.9. The molecule has 1 aliphatic heterocycles. The maximum absolute atomic E-state index is 12.5. The summed E-state index contributed by atoms with van der Waals surface area (Å²) in [5.41, 5.74) is 0. The van der Waals surface area contributed by atoms with Gasteiger partial charge in [0.1, 0.15) is 12.1 Å². The first-order chi connectivity index (χ1) is 9.15. The maximum atomic E-state index is 12.5. The van der Waals surface area contributed by atoms with Gasteiger partial charge in [-0.3, -0.25) is 9.48 Å². The zero-order valence-corrected chi connectivity index (χ0v) is 11.3. The molecule has 19 heavy (non-hydrogen) atoms. The molecule has 1 saturated heterocycles. The van der Waals surface area contributed by atoms with E-state index in [1.165, 1.54) is 7.11 Å². The second kappa shape index (κ2) is 5.86. The van der Waals surface area contributed by atoms with Crippen molar-refractivity contribution in [1.29, 1.82) is 0 Å². The van der Waals surface area contributed by atoms with Gasteiger partial charge in [0.2, 0.25) is 5.91 Å². The van der Waals surface area contributed by atoms with Gasteiger partial charge in [-0.05, 0) is 32.3 Å². The number of rotatable bonds is 3. The number of likely N-dealkylation sites (tertiary alicyclic amines) is 1. The van der Waals surface area contributed by atoms with E-state index in [4.69, 9.17) is 4.74 Å². The Hall–Kier alpha value is -1.85. The lowest BCUT2D eigenvalue weighted by atomic mass is 10.0. The Bertz CT molecular complexity index is 444. The molecule has 2 heterocycles. The summed E-state index contributed by atoms with van der Waals surface area (Å²) in [7, 11) is 1.36. The number of carbonyl (C=O) groups is 2. The number of aromatic nitrogens is 2. The van der Waals surface area contributed by atoms with Gasteiger partial charge in [0.25, 0.3) is 0 Å². The highest BCUT2D eigenvalue weighted by Gasteiger charge is 2.35. The third kappa shape index (κ3) is 2.77. The average Bonchev–Trinajstić information content (AvgIpc) is 2.99. The standard InChI is InChI=1S/C13H19N3O3/c1-10(16-9-5-7-14-16)12(17)15-8-4-3-6-11(15)13(18)19-2/h5,7,9-11H,3-4,6,8H2,1-2H3/t10?,11-/m1/s1. The van der Waals surface area contributed by atoms with Gasteiger partial charge in [0, 0.05) is 18.9 Å². The number of methoxy groups -OCH3 is 1. The zero-order chi connectivity index (χ0) is 13.8. The average molecular weight is 265 g/mol. The van der Waals surface area contributed by atoms with Crippen molar-refractivity contribution >= 4 is 11.9 Å². The number of amides is 1. The quantitative estimate of drug-likeness (QED) is 0.765. The molecule has 6 heteroatoms. The molecule has 0 radical (unpaired) electrons. The van der Waals surface area contributed by atoms with Crippen LogP contribution >= 0.6 is 0 Å². The lowest BCUT2D eigenvalue weighted by molar-refractivity contribution is -0.155. The molecule has 1 aromatic rings.